The van der Waals surface area contributed by atoms with E-state index in [2.05, 4.69) is 31.3 Å². The zero-order chi connectivity index (χ0) is 22.1. The predicted molar refractivity (Wildman–Crippen MR) is 120 cm³/mol. The van der Waals surface area contributed by atoms with Gasteiger partial charge in [-0.1, -0.05) is 24.6 Å². The fourth-order valence-corrected chi connectivity index (χ4v) is 5.61. The number of nitrogens with one attached hydrogen (secondary N) is 1. The average molecular weight is 429 g/mol. The first-order chi connectivity index (χ1) is 14.1. The molecule has 1 aliphatic heterocycles. The minimum atomic E-state index is -3.58. The summed E-state index contributed by atoms with van der Waals surface area (Å²) in [7, 11) is -3.58. The molecule has 0 saturated carbocycles. The Balaban J connectivity index is 1.86. The minimum Gasteiger partial charge on any atom is -0.345 e. The molecular weight excluding hydrogens is 396 g/mol. The second-order valence-electron chi connectivity index (χ2n) is 8.43. The highest BCUT2D eigenvalue weighted by molar-refractivity contribution is 7.89. The number of hydrogen-bond donors (Lipinski definition) is 1. The molecule has 0 radical (unpaired) electrons. The second-order valence-corrected chi connectivity index (χ2v) is 10.4. The maximum absolute atomic E-state index is 13.0. The number of carbonyl (C=O) groups excluding carboxylic acids is 1. The highest BCUT2D eigenvalue weighted by Gasteiger charge is 2.27. The van der Waals surface area contributed by atoms with Gasteiger partial charge in [0.15, 0.2) is 0 Å². The van der Waals surface area contributed by atoms with Crippen molar-refractivity contribution in [3.63, 3.8) is 0 Å². The fourth-order valence-electron chi connectivity index (χ4n) is 4.06. The van der Waals surface area contributed by atoms with Crippen molar-refractivity contribution in [1.82, 2.24) is 9.62 Å². The summed E-state index contributed by atoms with van der Waals surface area (Å²) in [5.41, 5.74) is 5.77. The highest BCUT2D eigenvalue weighted by atomic mass is 32.2. The molecule has 1 saturated heterocycles. The van der Waals surface area contributed by atoms with Gasteiger partial charge in [-0.2, -0.15) is 4.31 Å². The van der Waals surface area contributed by atoms with Crippen molar-refractivity contribution < 1.29 is 13.2 Å². The molecular formula is C24H32N2O3S. The van der Waals surface area contributed by atoms with Gasteiger partial charge >= 0.3 is 0 Å². The maximum Gasteiger partial charge on any atom is 0.252 e. The molecule has 6 heteroatoms. The lowest BCUT2D eigenvalue weighted by Crippen LogP contribution is -2.36. The number of nitrogens with zero attached hydrogens (tertiary/aromatic N) is 1. The van der Waals surface area contributed by atoms with Crippen LogP contribution in [0.15, 0.2) is 35.2 Å². The molecule has 0 spiro atoms. The minimum absolute atomic E-state index is 0.182. The van der Waals surface area contributed by atoms with E-state index in [1.165, 1.54) is 21.5 Å². The molecule has 1 unspecified atom stereocenters. The Morgan fingerprint density at radius 2 is 1.53 bits per heavy atom. The number of rotatable bonds is 5. The summed E-state index contributed by atoms with van der Waals surface area (Å²) in [5.74, 6) is -0.256. The molecule has 1 amide bonds. The van der Waals surface area contributed by atoms with Gasteiger partial charge in [-0.15, -0.1) is 0 Å². The molecule has 1 aliphatic rings. The molecule has 162 valence electrons. The van der Waals surface area contributed by atoms with Crippen LogP contribution in [0.3, 0.4) is 0 Å². The number of hydrogen-bond acceptors (Lipinski definition) is 3. The van der Waals surface area contributed by atoms with E-state index in [1.807, 2.05) is 20.8 Å². The number of sulfonamides is 1. The number of carbonyl (C=O) groups is 1. The zero-order valence-electron chi connectivity index (χ0n) is 18.6. The van der Waals surface area contributed by atoms with Gasteiger partial charge < -0.3 is 5.32 Å². The van der Waals surface area contributed by atoms with Gasteiger partial charge in [0.1, 0.15) is 0 Å². The van der Waals surface area contributed by atoms with Crippen molar-refractivity contribution in [2.75, 3.05) is 13.1 Å². The number of benzene rings is 2. The van der Waals surface area contributed by atoms with E-state index in [-0.39, 0.29) is 16.8 Å². The van der Waals surface area contributed by atoms with E-state index >= 15 is 0 Å². The van der Waals surface area contributed by atoms with E-state index in [1.54, 1.807) is 12.1 Å². The van der Waals surface area contributed by atoms with Crippen LogP contribution in [0.1, 0.15) is 70.4 Å². The first kappa shape index (κ1) is 22.5. The Bertz CT molecular complexity index is 1050. The van der Waals surface area contributed by atoms with Crippen LogP contribution < -0.4 is 5.32 Å². The lowest BCUT2D eigenvalue weighted by molar-refractivity contribution is 0.0939. The first-order valence-corrected chi connectivity index (χ1v) is 12.0. The van der Waals surface area contributed by atoms with E-state index in [9.17, 15) is 13.2 Å². The Morgan fingerprint density at radius 1 is 0.900 bits per heavy atom. The smallest absolute Gasteiger partial charge is 0.252 e. The molecule has 1 fully saturated rings. The van der Waals surface area contributed by atoms with E-state index in [4.69, 9.17) is 0 Å². The molecule has 5 nitrogen and oxygen atoms in total. The molecule has 30 heavy (non-hydrogen) atoms. The van der Waals surface area contributed by atoms with Crippen molar-refractivity contribution in [2.24, 2.45) is 0 Å². The average Bonchev–Trinajstić information content (AvgIpc) is 2.71. The molecule has 1 heterocycles. The van der Waals surface area contributed by atoms with Crippen LogP contribution in [0.25, 0.3) is 0 Å². The van der Waals surface area contributed by atoms with Crippen LogP contribution in [0.5, 0.6) is 0 Å². The zero-order valence-corrected chi connectivity index (χ0v) is 19.4. The quantitative estimate of drug-likeness (QED) is 0.758. The first-order valence-electron chi connectivity index (χ1n) is 10.6. The lowest BCUT2D eigenvalue weighted by atomic mass is 9.96. The summed E-state index contributed by atoms with van der Waals surface area (Å²) < 4.78 is 27.6. The largest absolute Gasteiger partial charge is 0.345 e. The van der Waals surface area contributed by atoms with E-state index < -0.39 is 10.0 Å². The van der Waals surface area contributed by atoms with Crippen molar-refractivity contribution in [3.05, 3.63) is 63.7 Å². The van der Waals surface area contributed by atoms with Gasteiger partial charge in [0.05, 0.1) is 10.9 Å². The van der Waals surface area contributed by atoms with Crippen molar-refractivity contribution in [1.29, 1.82) is 0 Å². The number of aryl methyl sites for hydroxylation is 4. The molecule has 2 aromatic carbocycles. The third-order valence-electron chi connectivity index (χ3n) is 6.10. The topological polar surface area (TPSA) is 66.5 Å². The molecule has 0 aromatic heterocycles. The second kappa shape index (κ2) is 8.90. The van der Waals surface area contributed by atoms with Crippen LogP contribution in [0, 0.1) is 27.7 Å². The van der Waals surface area contributed by atoms with Gasteiger partial charge in [0.25, 0.3) is 5.91 Å². The van der Waals surface area contributed by atoms with Gasteiger partial charge in [0.2, 0.25) is 10.0 Å². The van der Waals surface area contributed by atoms with Crippen molar-refractivity contribution >= 4 is 15.9 Å². The van der Waals surface area contributed by atoms with Gasteiger partial charge in [-0.3, -0.25) is 4.79 Å². The fraction of sp³-hybridized carbons (Fsp3) is 0.458. The Morgan fingerprint density at radius 3 is 2.20 bits per heavy atom. The van der Waals surface area contributed by atoms with Crippen LogP contribution in [0.2, 0.25) is 0 Å². The molecule has 2 aromatic rings. The van der Waals surface area contributed by atoms with Crippen LogP contribution >= 0.6 is 0 Å². The molecule has 1 atom stereocenters. The Kier molecular flexibility index (Phi) is 6.68. The molecule has 0 aliphatic carbocycles. The maximum atomic E-state index is 13.0. The summed E-state index contributed by atoms with van der Waals surface area (Å²) in [4.78, 5) is 13.2. The number of amides is 1. The van der Waals surface area contributed by atoms with Crippen LogP contribution in [0.4, 0.5) is 0 Å². The van der Waals surface area contributed by atoms with Gasteiger partial charge in [-0.05, 0) is 87.4 Å². The van der Waals surface area contributed by atoms with Gasteiger partial charge in [-0.25, -0.2) is 8.42 Å². The summed E-state index contributed by atoms with van der Waals surface area (Å²) in [6.07, 6.45) is 2.82. The molecule has 0 bridgehead atoms. The SMILES string of the molecule is Cc1cc(C)c(C(C)NC(=O)c2cc(S(=O)(=O)N3CCCCC3)ccc2C)cc1C. The Labute approximate surface area is 180 Å². The summed E-state index contributed by atoms with van der Waals surface area (Å²) in [6.45, 7) is 11.1. The monoisotopic (exact) mass is 428 g/mol. The van der Waals surface area contributed by atoms with E-state index in [0.29, 0.717) is 18.7 Å². The van der Waals surface area contributed by atoms with Crippen LogP contribution in [-0.2, 0) is 10.0 Å². The highest BCUT2D eigenvalue weighted by Crippen LogP contribution is 2.25. The normalized spacial score (nSPS) is 16.3. The molecule has 1 N–H and O–H groups in total. The summed E-state index contributed by atoms with van der Waals surface area (Å²) in [5, 5.41) is 3.05. The van der Waals surface area contributed by atoms with Crippen molar-refractivity contribution in [3.8, 4) is 0 Å². The van der Waals surface area contributed by atoms with Crippen molar-refractivity contribution in [2.45, 2.75) is 64.8 Å². The Hall–Kier alpha value is -2.18. The predicted octanol–water partition coefficient (Wildman–Crippen LogP) is 4.59. The van der Waals surface area contributed by atoms with E-state index in [0.717, 1.165) is 36.0 Å². The third-order valence-corrected chi connectivity index (χ3v) is 8.00. The summed E-state index contributed by atoms with van der Waals surface area (Å²) >= 11 is 0. The standard InChI is InChI=1S/C24H32N2O3S/c1-16-9-10-21(30(28,29)26-11-7-6-8-12-26)15-23(16)24(27)25-20(5)22-14-18(3)17(2)13-19(22)4/h9-10,13-15,20H,6-8,11-12H2,1-5H3,(H,25,27). The summed E-state index contributed by atoms with van der Waals surface area (Å²) in [6, 6.07) is 8.90. The third kappa shape index (κ3) is 4.60. The molecule has 3 rings (SSSR count). The van der Waals surface area contributed by atoms with Gasteiger partial charge in [0, 0.05) is 18.7 Å². The lowest BCUT2D eigenvalue weighted by Gasteiger charge is -2.26. The number of piperidine rings is 1. The van der Waals surface area contributed by atoms with Crippen LogP contribution in [-0.4, -0.2) is 31.7 Å².